The first kappa shape index (κ1) is 17.8. The molecule has 0 radical (unpaired) electrons. The number of aromatic nitrogens is 2. The highest BCUT2D eigenvalue weighted by Crippen LogP contribution is 2.34. The molecule has 0 aliphatic heterocycles. The number of hydrogen-bond acceptors (Lipinski definition) is 5. The number of anilines is 3. The summed E-state index contributed by atoms with van der Waals surface area (Å²) < 4.78 is 0.994. The maximum atomic E-state index is 5.93. The fraction of sp³-hybridized carbons (Fsp3) is 0.0476. The minimum Gasteiger partial charge on any atom is -0.368 e. The van der Waals surface area contributed by atoms with Gasteiger partial charge in [0.05, 0.1) is 5.52 Å². The Bertz CT molecular complexity index is 1130. The lowest BCUT2D eigenvalue weighted by atomic mass is 10.0. The minimum absolute atomic E-state index is 0.247. The Kier molecular flexibility index (Phi) is 5.01. The Labute approximate surface area is 170 Å². The summed E-state index contributed by atoms with van der Waals surface area (Å²) >= 11 is 5.23. The number of halogens is 1. The van der Waals surface area contributed by atoms with Crippen molar-refractivity contribution in [3.8, 4) is 11.1 Å². The topological polar surface area (TPSA) is 63.8 Å². The lowest BCUT2D eigenvalue weighted by Gasteiger charge is -2.12. The summed E-state index contributed by atoms with van der Waals surface area (Å²) in [5.74, 6) is 0.941. The quantitative estimate of drug-likeness (QED) is 0.378. The summed E-state index contributed by atoms with van der Waals surface area (Å²) in [4.78, 5) is 10.1. The molecule has 6 heteroatoms. The van der Waals surface area contributed by atoms with Crippen LogP contribution in [0.25, 0.3) is 22.0 Å². The standard InChI is InChI=1S/C21H17BrN4S/c1-27-19-8-3-2-7-16(19)13-9-10-18-17(11-13)20(26-21(23)25-18)24-15-6-4-5-14(22)12-15/h2-12H,1H3,(H3,23,24,25,26). The van der Waals surface area contributed by atoms with Crippen LogP contribution in [-0.2, 0) is 0 Å². The monoisotopic (exact) mass is 436 g/mol. The third kappa shape index (κ3) is 3.77. The first-order valence-corrected chi connectivity index (χ1v) is 10.4. The van der Waals surface area contributed by atoms with Crippen molar-refractivity contribution < 1.29 is 0 Å². The second-order valence-corrected chi connectivity index (χ2v) is 7.76. The second-order valence-electron chi connectivity index (χ2n) is 6.00. The molecule has 0 bridgehead atoms. The lowest BCUT2D eigenvalue weighted by molar-refractivity contribution is 1.23. The van der Waals surface area contributed by atoms with E-state index in [9.17, 15) is 0 Å². The van der Waals surface area contributed by atoms with Crippen molar-refractivity contribution in [3.63, 3.8) is 0 Å². The van der Waals surface area contributed by atoms with Gasteiger partial charge in [-0.15, -0.1) is 11.8 Å². The highest BCUT2D eigenvalue weighted by Gasteiger charge is 2.10. The third-order valence-electron chi connectivity index (χ3n) is 4.22. The second kappa shape index (κ2) is 7.58. The number of nitrogens with one attached hydrogen (secondary N) is 1. The molecule has 0 amide bonds. The van der Waals surface area contributed by atoms with Crippen molar-refractivity contribution in [1.29, 1.82) is 0 Å². The van der Waals surface area contributed by atoms with Crippen LogP contribution in [0.1, 0.15) is 0 Å². The number of fused-ring (bicyclic) bond motifs is 1. The van der Waals surface area contributed by atoms with Crippen molar-refractivity contribution in [1.82, 2.24) is 9.97 Å². The number of nitrogens with zero attached hydrogens (tertiary/aromatic N) is 2. The first-order chi connectivity index (χ1) is 13.1. The molecule has 0 spiro atoms. The third-order valence-corrected chi connectivity index (χ3v) is 5.51. The number of rotatable bonds is 4. The van der Waals surface area contributed by atoms with Gasteiger partial charge in [0.15, 0.2) is 0 Å². The molecule has 0 aliphatic rings. The summed E-state index contributed by atoms with van der Waals surface area (Å²) in [6, 6.07) is 22.5. The molecule has 0 atom stereocenters. The molecule has 1 heterocycles. The summed E-state index contributed by atoms with van der Waals surface area (Å²) in [7, 11) is 0. The van der Waals surface area contributed by atoms with Gasteiger partial charge in [0, 0.05) is 20.4 Å². The molecule has 3 N–H and O–H groups in total. The summed E-state index contributed by atoms with van der Waals surface area (Å²) in [5.41, 5.74) is 9.98. The van der Waals surface area contributed by atoms with Gasteiger partial charge in [-0.25, -0.2) is 4.98 Å². The van der Waals surface area contributed by atoms with Crippen molar-refractivity contribution in [2.24, 2.45) is 0 Å². The maximum absolute atomic E-state index is 5.93. The predicted octanol–water partition coefficient (Wildman–Crippen LogP) is 6.11. The Balaban J connectivity index is 1.86. The van der Waals surface area contributed by atoms with E-state index in [0.717, 1.165) is 26.6 Å². The molecular weight excluding hydrogens is 420 g/mol. The average Bonchev–Trinajstić information content (AvgIpc) is 2.67. The molecule has 27 heavy (non-hydrogen) atoms. The zero-order valence-electron chi connectivity index (χ0n) is 14.6. The van der Waals surface area contributed by atoms with Crippen LogP contribution in [0.4, 0.5) is 17.5 Å². The molecule has 4 rings (SSSR count). The van der Waals surface area contributed by atoms with Gasteiger partial charge in [-0.05, 0) is 53.8 Å². The largest absolute Gasteiger partial charge is 0.368 e. The first-order valence-electron chi connectivity index (χ1n) is 8.37. The van der Waals surface area contributed by atoms with E-state index in [0.29, 0.717) is 5.82 Å². The number of nitrogens with two attached hydrogens (primary N) is 1. The van der Waals surface area contributed by atoms with E-state index in [1.807, 2.05) is 30.3 Å². The molecule has 0 unspecified atom stereocenters. The van der Waals surface area contributed by atoms with Crippen LogP contribution >= 0.6 is 27.7 Å². The molecule has 4 nitrogen and oxygen atoms in total. The van der Waals surface area contributed by atoms with Gasteiger partial charge < -0.3 is 11.1 Å². The molecule has 134 valence electrons. The van der Waals surface area contributed by atoms with E-state index < -0.39 is 0 Å². The van der Waals surface area contributed by atoms with Gasteiger partial charge in [-0.1, -0.05) is 46.3 Å². The molecule has 0 saturated heterocycles. The van der Waals surface area contributed by atoms with E-state index in [1.54, 1.807) is 11.8 Å². The van der Waals surface area contributed by atoms with Crippen LogP contribution in [0.5, 0.6) is 0 Å². The zero-order chi connectivity index (χ0) is 18.8. The number of benzene rings is 3. The van der Waals surface area contributed by atoms with Gasteiger partial charge in [-0.2, -0.15) is 4.98 Å². The van der Waals surface area contributed by atoms with E-state index in [4.69, 9.17) is 5.73 Å². The number of nitrogen functional groups attached to an aromatic ring is 1. The van der Waals surface area contributed by atoms with Crippen LogP contribution < -0.4 is 11.1 Å². The van der Waals surface area contributed by atoms with Gasteiger partial charge in [0.1, 0.15) is 5.82 Å². The SMILES string of the molecule is CSc1ccccc1-c1ccc2nc(N)nc(Nc3cccc(Br)c3)c2c1. The fourth-order valence-corrected chi connectivity index (χ4v) is 4.01. The van der Waals surface area contributed by atoms with E-state index >= 15 is 0 Å². The fourth-order valence-electron chi connectivity index (χ4n) is 3.00. The molecule has 0 fully saturated rings. The summed E-state index contributed by atoms with van der Waals surface area (Å²) in [6.07, 6.45) is 2.09. The van der Waals surface area contributed by atoms with Crippen molar-refractivity contribution in [2.45, 2.75) is 4.90 Å². The maximum Gasteiger partial charge on any atom is 0.222 e. The zero-order valence-corrected chi connectivity index (χ0v) is 17.0. The Morgan fingerprint density at radius 3 is 2.63 bits per heavy atom. The lowest BCUT2D eigenvalue weighted by Crippen LogP contribution is -2.01. The van der Waals surface area contributed by atoms with Gasteiger partial charge in [0.25, 0.3) is 0 Å². The van der Waals surface area contributed by atoms with Gasteiger partial charge >= 0.3 is 0 Å². The Morgan fingerprint density at radius 2 is 1.81 bits per heavy atom. The smallest absolute Gasteiger partial charge is 0.222 e. The van der Waals surface area contributed by atoms with E-state index in [-0.39, 0.29) is 5.95 Å². The predicted molar refractivity (Wildman–Crippen MR) is 119 cm³/mol. The van der Waals surface area contributed by atoms with Gasteiger partial charge in [0.2, 0.25) is 5.95 Å². The van der Waals surface area contributed by atoms with E-state index in [1.165, 1.54) is 10.5 Å². The van der Waals surface area contributed by atoms with Crippen LogP contribution in [-0.4, -0.2) is 16.2 Å². The molecule has 0 saturated carbocycles. The van der Waals surface area contributed by atoms with Crippen LogP contribution in [0.3, 0.4) is 0 Å². The molecule has 1 aromatic heterocycles. The van der Waals surface area contributed by atoms with Crippen LogP contribution in [0.2, 0.25) is 0 Å². The Morgan fingerprint density at radius 1 is 0.963 bits per heavy atom. The van der Waals surface area contributed by atoms with Crippen molar-refractivity contribution in [3.05, 3.63) is 71.2 Å². The normalized spacial score (nSPS) is 10.9. The molecule has 3 aromatic carbocycles. The highest BCUT2D eigenvalue weighted by atomic mass is 79.9. The summed E-state index contributed by atoms with van der Waals surface area (Å²) in [5, 5.41) is 4.30. The average molecular weight is 437 g/mol. The van der Waals surface area contributed by atoms with Crippen LogP contribution in [0.15, 0.2) is 76.1 Å². The minimum atomic E-state index is 0.247. The van der Waals surface area contributed by atoms with Crippen molar-refractivity contribution >= 4 is 56.0 Å². The number of thioether (sulfide) groups is 1. The highest BCUT2D eigenvalue weighted by molar-refractivity contribution is 9.10. The molecule has 4 aromatic rings. The van der Waals surface area contributed by atoms with Crippen LogP contribution in [0, 0.1) is 0 Å². The molecular formula is C21H17BrN4S. The summed E-state index contributed by atoms with van der Waals surface area (Å²) in [6.45, 7) is 0. The van der Waals surface area contributed by atoms with Crippen molar-refractivity contribution in [2.75, 3.05) is 17.3 Å². The number of hydrogen-bond donors (Lipinski definition) is 2. The Hall–Kier alpha value is -2.57. The van der Waals surface area contributed by atoms with Gasteiger partial charge in [-0.3, -0.25) is 0 Å². The van der Waals surface area contributed by atoms with E-state index in [2.05, 4.69) is 73.9 Å². The molecule has 0 aliphatic carbocycles.